The highest BCUT2D eigenvalue weighted by atomic mass is 32.2. The van der Waals surface area contributed by atoms with Crippen molar-refractivity contribution in [2.45, 2.75) is 69.5 Å². The Labute approximate surface area is 192 Å². The maximum atomic E-state index is 12.6. The van der Waals surface area contributed by atoms with Crippen molar-refractivity contribution in [3.63, 3.8) is 0 Å². The highest BCUT2D eigenvalue weighted by Gasteiger charge is 2.29. The Kier molecular flexibility index (Phi) is 7.43. The van der Waals surface area contributed by atoms with Gasteiger partial charge in [-0.2, -0.15) is 0 Å². The van der Waals surface area contributed by atoms with E-state index in [1.54, 1.807) is 36.4 Å². The van der Waals surface area contributed by atoms with Crippen LogP contribution in [0, 0.1) is 0 Å². The molecule has 6 nitrogen and oxygen atoms in total. The van der Waals surface area contributed by atoms with E-state index in [1.165, 1.54) is 12.8 Å². The lowest BCUT2D eigenvalue weighted by Gasteiger charge is -2.24. The number of amides is 1. The van der Waals surface area contributed by atoms with Gasteiger partial charge < -0.3 is 5.32 Å². The Morgan fingerprint density at radius 1 is 1.06 bits per heavy atom. The van der Waals surface area contributed by atoms with Crippen molar-refractivity contribution >= 4 is 15.9 Å². The van der Waals surface area contributed by atoms with Crippen molar-refractivity contribution in [2.75, 3.05) is 13.6 Å². The molecule has 0 aliphatic heterocycles. The number of carbonyl (C=O) groups is 1. The summed E-state index contributed by atoms with van der Waals surface area (Å²) >= 11 is 0. The van der Waals surface area contributed by atoms with Gasteiger partial charge in [0, 0.05) is 30.7 Å². The molecule has 0 bridgehead atoms. The van der Waals surface area contributed by atoms with E-state index >= 15 is 0 Å². The predicted molar refractivity (Wildman–Crippen MR) is 128 cm³/mol. The van der Waals surface area contributed by atoms with E-state index in [-0.39, 0.29) is 28.8 Å². The van der Waals surface area contributed by atoms with Crippen molar-refractivity contribution in [1.82, 2.24) is 14.9 Å². The second-order valence-corrected chi connectivity index (χ2v) is 11.5. The molecule has 1 aliphatic rings. The van der Waals surface area contributed by atoms with Crippen LogP contribution in [0.2, 0.25) is 0 Å². The third-order valence-corrected chi connectivity index (χ3v) is 7.51. The van der Waals surface area contributed by atoms with Gasteiger partial charge in [-0.1, -0.05) is 45.0 Å². The molecule has 1 aliphatic carbocycles. The Morgan fingerprint density at radius 3 is 2.19 bits per heavy atom. The summed E-state index contributed by atoms with van der Waals surface area (Å²) in [6.07, 6.45) is 2.48. The molecule has 0 spiro atoms. The van der Waals surface area contributed by atoms with Crippen LogP contribution in [-0.4, -0.2) is 44.9 Å². The maximum absolute atomic E-state index is 12.6. The minimum Gasteiger partial charge on any atom is -0.350 e. The SMILES string of the molecule is CC(CNC(=O)c1ccc(CNS(=O)(=O)c2ccc(C(C)(C)C)cc2)cc1)N(C)C1CC1. The Balaban J connectivity index is 1.53. The first-order valence-corrected chi connectivity index (χ1v) is 12.6. The van der Waals surface area contributed by atoms with Gasteiger partial charge in [0.25, 0.3) is 5.91 Å². The van der Waals surface area contributed by atoms with E-state index in [0.29, 0.717) is 18.2 Å². The van der Waals surface area contributed by atoms with Crippen molar-refractivity contribution in [2.24, 2.45) is 0 Å². The second kappa shape index (κ2) is 9.73. The Morgan fingerprint density at radius 2 is 1.66 bits per heavy atom. The monoisotopic (exact) mass is 457 g/mol. The van der Waals surface area contributed by atoms with Crippen LogP contribution >= 0.6 is 0 Å². The molecule has 3 rings (SSSR count). The molecule has 0 aromatic heterocycles. The summed E-state index contributed by atoms with van der Waals surface area (Å²) in [5.74, 6) is -0.118. The van der Waals surface area contributed by atoms with E-state index in [1.807, 2.05) is 12.1 Å². The summed E-state index contributed by atoms with van der Waals surface area (Å²) in [4.78, 5) is 15.0. The molecule has 7 heteroatoms. The van der Waals surface area contributed by atoms with Gasteiger partial charge in [0.1, 0.15) is 0 Å². The molecule has 0 heterocycles. The smallest absolute Gasteiger partial charge is 0.251 e. The van der Waals surface area contributed by atoms with E-state index in [2.05, 4.69) is 49.7 Å². The van der Waals surface area contributed by atoms with Crippen LogP contribution in [0.15, 0.2) is 53.4 Å². The number of likely N-dealkylation sites (N-methyl/N-ethyl adjacent to an activating group) is 1. The minimum absolute atomic E-state index is 0.0328. The lowest BCUT2D eigenvalue weighted by atomic mass is 9.87. The fourth-order valence-corrected chi connectivity index (χ4v) is 4.52. The Bertz CT molecular complexity index is 1020. The van der Waals surface area contributed by atoms with Gasteiger partial charge in [-0.25, -0.2) is 13.1 Å². The van der Waals surface area contributed by atoms with Gasteiger partial charge in [0.05, 0.1) is 4.90 Å². The summed E-state index contributed by atoms with van der Waals surface area (Å²) in [5, 5.41) is 2.98. The molecule has 0 radical (unpaired) electrons. The lowest BCUT2D eigenvalue weighted by Crippen LogP contribution is -2.41. The first-order chi connectivity index (χ1) is 15.0. The zero-order valence-corrected chi connectivity index (χ0v) is 20.5. The molecule has 2 aromatic carbocycles. The number of nitrogens with zero attached hydrogens (tertiary/aromatic N) is 1. The summed E-state index contributed by atoms with van der Waals surface area (Å²) in [5.41, 5.74) is 2.40. The summed E-state index contributed by atoms with van der Waals surface area (Å²) in [6, 6.07) is 14.9. The number of hydrogen-bond acceptors (Lipinski definition) is 4. The van der Waals surface area contributed by atoms with Gasteiger partial charge in [-0.3, -0.25) is 9.69 Å². The third-order valence-electron chi connectivity index (χ3n) is 6.09. The number of carbonyl (C=O) groups excluding carboxylic acids is 1. The highest BCUT2D eigenvalue weighted by molar-refractivity contribution is 7.89. The van der Waals surface area contributed by atoms with Crippen LogP contribution < -0.4 is 10.0 Å². The molecule has 1 amide bonds. The zero-order chi connectivity index (χ0) is 23.5. The van der Waals surface area contributed by atoms with Gasteiger partial charge >= 0.3 is 0 Å². The lowest BCUT2D eigenvalue weighted by molar-refractivity contribution is 0.0939. The minimum atomic E-state index is -3.61. The molecule has 1 atom stereocenters. The Hall–Kier alpha value is -2.22. The van der Waals surface area contributed by atoms with E-state index in [9.17, 15) is 13.2 Å². The van der Waals surface area contributed by atoms with Crippen LogP contribution in [0.5, 0.6) is 0 Å². The zero-order valence-electron chi connectivity index (χ0n) is 19.7. The quantitative estimate of drug-likeness (QED) is 0.602. The summed E-state index contributed by atoms with van der Waals surface area (Å²) in [6.45, 7) is 9.14. The van der Waals surface area contributed by atoms with Crippen LogP contribution in [0.3, 0.4) is 0 Å². The summed E-state index contributed by atoms with van der Waals surface area (Å²) in [7, 11) is -1.51. The second-order valence-electron chi connectivity index (χ2n) is 9.75. The molecular formula is C25H35N3O3S. The third kappa shape index (κ3) is 6.40. The van der Waals surface area contributed by atoms with Crippen molar-refractivity contribution < 1.29 is 13.2 Å². The van der Waals surface area contributed by atoms with Gasteiger partial charge in [-0.15, -0.1) is 0 Å². The van der Waals surface area contributed by atoms with Gasteiger partial charge in [0.15, 0.2) is 0 Å². The molecule has 0 saturated heterocycles. The van der Waals surface area contributed by atoms with E-state index in [4.69, 9.17) is 0 Å². The standard InChI is InChI=1S/C25H35N3O3S/c1-18(28(5)22-12-13-22)16-26-24(29)20-8-6-19(7-9-20)17-27-32(30,31)23-14-10-21(11-15-23)25(2,3)4/h6-11,14-15,18,22,27H,12-13,16-17H2,1-5H3,(H,26,29). The molecule has 1 saturated carbocycles. The molecule has 2 N–H and O–H groups in total. The number of benzene rings is 2. The number of sulfonamides is 1. The normalized spacial score (nSPS) is 15.6. The van der Waals surface area contributed by atoms with Crippen LogP contribution in [0.1, 0.15) is 62.0 Å². The van der Waals surface area contributed by atoms with Crippen LogP contribution in [0.25, 0.3) is 0 Å². The average molecular weight is 458 g/mol. The molecular weight excluding hydrogens is 422 g/mol. The molecule has 32 heavy (non-hydrogen) atoms. The largest absolute Gasteiger partial charge is 0.350 e. The number of nitrogens with one attached hydrogen (secondary N) is 2. The number of hydrogen-bond donors (Lipinski definition) is 2. The highest BCUT2D eigenvalue weighted by Crippen LogP contribution is 2.26. The van der Waals surface area contributed by atoms with Crippen molar-refractivity contribution in [3.8, 4) is 0 Å². The molecule has 1 fully saturated rings. The molecule has 2 aromatic rings. The maximum Gasteiger partial charge on any atom is 0.251 e. The van der Waals surface area contributed by atoms with E-state index < -0.39 is 10.0 Å². The molecule has 1 unspecified atom stereocenters. The van der Waals surface area contributed by atoms with Crippen LogP contribution in [-0.2, 0) is 22.0 Å². The first-order valence-electron chi connectivity index (χ1n) is 11.2. The first kappa shape index (κ1) is 24.4. The fraction of sp³-hybridized carbons (Fsp3) is 0.480. The molecule has 174 valence electrons. The van der Waals surface area contributed by atoms with Gasteiger partial charge in [-0.05, 0) is 67.6 Å². The van der Waals surface area contributed by atoms with Crippen molar-refractivity contribution in [3.05, 3.63) is 65.2 Å². The fourth-order valence-electron chi connectivity index (χ4n) is 3.50. The number of rotatable bonds is 9. The van der Waals surface area contributed by atoms with E-state index in [0.717, 1.165) is 11.1 Å². The van der Waals surface area contributed by atoms with Crippen LogP contribution in [0.4, 0.5) is 0 Å². The van der Waals surface area contributed by atoms with Gasteiger partial charge in [0.2, 0.25) is 10.0 Å². The average Bonchev–Trinajstić information content (AvgIpc) is 3.60. The predicted octanol–water partition coefficient (Wildman–Crippen LogP) is 3.68. The van der Waals surface area contributed by atoms with Crippen molar-refractivity contribution in [1.29, 1.82) is 0 Å². The topological polar surface area (TPSA) is 78.5 Å². The summed E-state index contributed by atoms with van der Waals surface area (Å²) < 4.78 is 27.9.